The lowest BCUT2D eigenvalue weighted by Gasteiger charge is -2.18. The average molecular weight is 493 g/mol. The van der Waals surface area contributed by atoms with Gasteiger partial charge in [0.15, 0.2) is 0 Å². The fourth-order valence-electron chi connectivity index (χ4n) is 4.44. The molecule has 0 radical (unpaired) electrons. The number of nitrogens with one attached hydrogen (secondary N) is 2. The minimum Gasteiger partial charge on any atom is -0.345 e. The van der Waals surface area contributed by atoms with E-state index in [2.05, 4.69) is 65.4 Å². The number of benzene rings is 3. The van der Waals surface area contributed by atoms with E-state index in [0.29, 0.717) is 5.56 Å². The SMILES string of the molecule is Cc1cccc(-n2c(C)cc(/C=N\NC(=O)C[C@H](NC(=O)c3ccccc3)c3ccccc3)c2C)c1C. The minimum atomic E-state index is -0.488. The molecule has 1 atom stereocenters. The van der Waals surface area contributed by atoms with Gasteiger partial charge >= 0.3 is 0 Å². The maximum Gasteiger partial charge on any atom is 0.251 e. The monoisotopic (exact) mass is 492 g/mol. The van der Waals surface area contributed by atoms with Crippen LogP contribution >= 0.6 is 0 Å². The number of aryl methyl sites for hydroxylation is 2. The van der Waals surface area contributed by atoms with Crippen LogP contribution in [-0.4, -0.2) is 22.6 Å². The zero-order valence-electron chi connectivity index (χ0n) is 21.7. The van der Waals surface area contributed by atoms with Crippen molar-refractivity contribution >= 4 is 18.0 Å². The molecule has 1 aromatic heterocycles. The Morgan fingerprint density at radius 2 is 1.57 bits per heavy atom. The molecule has 188 valence electrons. The number of amides is 2. The van der Waals surface area contributed by atoms with Crippen LogP contribution in [0.4, 0.5) is 0 Å². The molecule has 2 amide bonds. The van der Waals surface area contributed by atoms with Gasteiger partial charge in [0.1, 0.15) is 0 Å². The maximum absolute atomic E-state index is 12.8. The first-order valence-corrected chi connectivity index (χ1v) is 12.3. The van der Waals surface area contributed by atoms with Crippen LogP contribution in [-0.2, 0) is 4.79 Å². The van der Waals surface area contributed by atoms with Gasteiger partial charge in [-0.2, -0.15) is 5.10 Å². The zero-order chi connectivity index (χ0) is 26.4. The molecule has 0 aliphatic carbocycles. The number of hydrazone groups is 1. The van der Waals surface area contributed by atoms with Crippen LogP contribution in [0.5, 0.6) is 0 Å². The normalized spacial score (nSPS) is 11.9. The van der Waals surface area contributed by atoms with Gasteiger partial charge in [-0.3, -0.25) is 9.59 Å². The van der Waals surface area contributed by atoms with E-state index in [1.165, 1.54) is 11.1 Å². The first-order valence-electron chi connectivity index (χ1n) is 12.3. The van der Waals surface area contributed by atoms with Gasteiger partial charge in [0, 0.05) is 28.2 Å². The average Bonchev–Trinajstić information content (AvgIpc) is 3.18. The third-order valence-electron chi connectivity index (χ3n) is 6.61. The van der Waals surface area contributed by atoms with Crippen LogP contribution in [0.3, 0.4) is 0 Å². The molecular formula is C31H32N4O2. The number of nitrogens with zero attached hydrogens (tertiary/aromatic N) is 2. The first-order chi connectivity index (χ1) is 17.8. The highest BCUT2D eigenvalue weighted by Crippen LogP contribution is 2.24. The van der Waals surface area contributed by atoms with Gasteiger partial charge in [-0.1, -0.05) is 60.7 Å². The Morgan fingerprint density at radius 3 is 2.27 bits per heavy atom. The van der Waals surface area contributed by atoms with Crippen molar-refractivity contribution in [3.05, 3.63) is 124 Å². The number of hydrogen-bond acceptors (Lipinski definition) is 3. The molecule has 0 spiro atoms. The van der Waals surface area contributed by atoms with E-state index in [4.69, 9.17) is 0 Å². The highest BCUT2D eigenvalue weighted by molar-refractivity contribution is 5.94. The lowest BCUT2D eigenvalue weighted by atomic mass is 10.0. The third kappa shape index (κ3) is 6.04. The summed E-state index contributed by atoms with van der Waals surface area (Å²) < 4.78 is 2.20. The van der Waals surface area contributed by atoms with Crippen molar-refractivity contribution in [1.29, 1.82) is 0 Å². The van der Waals surface area contributed by atoms with Gasteiger partial charge in [0.05, 0.1) is 18.7 Å². The van der Waals surface area contributed by atoms with E-state index in [1.54, 1.807) is 18.3 Å². The second kappa shape index (κ2) is 11.5. The second-order valence-electron chi connectivity index (χ2n) is 9.18. The van der Waals surface area contributed by atoms with Gasteiger partial charge in [-0.25, -0.2) is 5.43 Å². The van der Waals surface area contributed by atoms with Gasteiger partial charge < -0.3 is 9.88 Å². The quantitative estimate of drug-likeness (QED) is 0.244. The highest BCUT2D eigenvalue weighted by atomic mass is 16.2. The molecule has 0 saturated carbocycles. The maximum atomic E-state index is 12.8. The predicted octanol–water partition coefficient (Wildman–Crippen LogP) is 5.72. The van der Waals surface area contributed by atoms with E-state index in [0.717, 1.165) is 28.2 Å². The molecule has 6 nitrogen and oxygen atoms in total. The number of carbonyl (C=O) groups is 2. The van der Waals surface area contributed by atoms with Gasteiger partial charge in [0.2, 0.25) is 5.91 Å². The van der Waals surface area contributed by atoms with E-state index in [9.17, 15) is 9.59 Å². The summed E-state index contributed by atoms with van der Waals surface area (Å²) in [4.78, 5) is 25.6. The van der Waals surface area contributed by atoms with Crippen LogP contribution in [0, 0.1) is 27.7 Å². The van der Waals surface area contributed by atoms with Crippen molar-refractivity contribution in [2.24, 2.45) is 5.10 Å². The van der Waals surface area contributed by atoms with E-state index >= 15 is 0 Å². The van der Waals surface area contributed by atoms with E-state index < -0.39 is 6.04 Å². The summed E-state index contributed by atoms with van der Waals surface area (Å²) in [6, 6.07) is 26.3. The zero-order valence-corrected chi connectivity index (χ0v) is 21.7. The van der Waals surface area contributed by atoms with Crippen molar-refractivity contribution in [3.63, 3.8) is 0 Å². The highest BCUT2D eigenvalue weighted by Gasteiger charge is 2.19. The summed E-state index contributed by atoms with van der Waals surface area (Å²) in [6.45, 7) is 8.33. The molecule has 0 fully saturated rings. The van der Waals surface area contributed by atoms with Crippen molar-refractivity contribution in [2.75, 3.05) is 0 Å². The number of carbonyl (C=O) groups excluding carboxylic acids is 2. The molecule has 0 unspecified atom stereocenters. The van der Waals surface area contributed by atoms with Crippen LogP contribution in [0.2, 0.25) is 0 Å². The van der Waals surface area contributed by atoms with Gasteiger partial charge in [-0.15, -0.1) is 0 Å². The largest absolute Gasteiger partial charge is 0.345 e. The second-order valence-corrected chi connectivity index (χ2v) is 9.18. The van der Waals surface area contributed by atoms with Gasteiger partial charge in [-0.05, 0) is 68.7 Å². The van der Waals surface area contributed by atoms with E-state index in [1.807, 2.05) is 55.5 Å². The Hall–Kier alpha value is -4.45. The Morgan fingerprint density at radius 1 is 0.892 bits per heavy atom. The standard InChI is InChI=1S/C31H32N4O2/c1-21-12-11-17-29(23(21)3)35-22(2)18-27(24(35)4)20-32-34-30(36)19-28(25-13-7-5-8-14-25)33-31(37)26-15-9-6-10-16-26/h5-18,20,28H,19H2,1-4H3,(H,33,37)(H,34,36)/b32-20-/t28-/m0/s1. The number of hydrogen-bond donors (Lipinski definition) is 2. The Bertz CT molecular complexity index is 1420. The van der Waals surface area contributed by atoms with Crippen molar-refractivity contribution in [2.45, 2.75) is 40.2 Å². The van der Waals surface area contributed by atoms with Gasteiger partial charge in [0.25, 0.3) is 5.91 Å². The molecule has 2 N–H and O–H groups in total. The van der Waals surface area contributed by atoms with Crippen molar-refractivity contribution < 1.29 is 9.59 Å². The van der Waals surface area contributed by atoms with Crippen LogP contribution < -0.4 is 10.7 Å². The fraction of sp³-hybridized carbons (Fsp3) is 0.194. The van der Waals surface area contributed by atoms with E-state index in [-0.39, 0.29) is 18.2 Å². The summed E-state index contributed by atoms with van der Waals surface area (Å²) in [5.74, 6) is -0.522. The molecule has 4 aromatic rings. The topological polar surface area (TPSA) is 75.5 Å². The Balaban J connectivity index is 1.47. The van der Waals surface area contributed by atoms with Crippen LogP contribution in [0.25, 0.3) is 5.69 Å². The summed E-state index contributed by atoms with van der Waals surface area (Å²) in [5.41, 5.74) is 10.7. The Kier molecular flexibility index (Phi) is 7.98. The summed E-state index contributed by atoms with van der Waals surface area (Å²) in [5, 5.41) is 7.21. The number of rotatable bonds is 8. The molecular weight excluding hydrogens is 460 g/mol. The molecule has 0 aliphatic rings. The molecule has 0 aliphatic heterocycles. The van der Waals surface area contributed by atoms with Crippen molar-refractivity contribution in [1.82, 2.24) is 15.3 Å². The smallest absolute Gasteiger partial charge is 0.251 e. The molecule has 0 bridgehead atoms. The predicted molar refractivity (Wildman–Crippen MR) is 148 cm³/mol. The lowest BCUT2D eigenvalue weighted by Crippen LogP contribution is -2.32. The lowest BCUT2D eigenvalue weighted by molar-refractivity contribution is -0.121. The molecule has 1 heterocycles. The summed E-state index contributed by atoms with van der Waals surface area (Å²) in [7, 11) is 0. The molecule has 0 saturated heterocycles. The number of aromatic nitrogens is 1. The summed E-state index contributed by atoms with van der Waals surface area (Å²) in [6.07, 6.45) is 1.73. The molecule has 37 heavy (non-hydrogen) atoms. The first kappa shape index (κ1) is 25.6. The molecule has 3 aromatic carbocycles. The molecule has 6 heteroatoms. The minimum absolute atomic E-state index is 0.0570. The Labute approximate surface area is 218 Å². The van der Waals surface area contributed by atoms with Crippen LogP contribution in [0.15, 0.2) is 90.0 Å². The summed E-state index contributed by atoms with van der Waals surface area (Å²) >= 11 is 0. The fourth-order valence-corrected chi connectivity index (χ4v) is 4.44. The third-order valence-corrected chi connectivity index (χ3v) is 6.61. The molecule has 4 rings (SSSR count). The van der Waals surface area contributed by atoms with Crippen molar-refractivity contribution in [3.8, 4) is 5.69 Å². The van der Waals surface area contributed by atoms with Crippen LogP contribution in [0.1, 0.15) is 56.5 Å².